The molecule has 1 rings (SSSR count). The lowest BCUT2D eigenvalue weighted by Crippen LogP contribution is -2.53. The van der Waals surface area contributed by atoms with E-state index in [0.717, 1.165) is 5.88 Å². The SMILES string of the molecule is CC(C)(C)N1CCN(CCCCCCCl)CC1. The second-order valence-electron chi connectivity index (χ2n) is 6.10. The molecule has 17 heavy (non-hydrogen) atoms. The fourth-order valence-electron chi connectivity index (χ4n) is 2.43. The van der Waals surface area contributed by atoms with E-state index in [1.54, 1.807) is 0 Å². The van der Waals surface area contributed by atoms with Crippen molar-refractivity contribution in [2.75, 3.05) is 38.6 Å². The molecule has 0 bridgehead atoms. The smallest absolute Gasteiger partial charge is 0.0223 e. The maximum Gasteiger partial charge on any atom is 0.0223 e. The summed E-state index contributed by atoms with van der Waals surface area (Å²) >= 11 is 5.67. The number of piperazine rings is 1. The molecule has 0 unspecified atom stereocenters. The summed E-state index contributed by atoms with van der Waals surface area (Å²) in [5.74, 6) is 0.824. The minimum atomic E-state index is 0.340. The van der Waals surface area contributed by atoms with Gasteiger partial charge in [-0.05, 0) is 40.2 Å². The zero-order valence-electron chi connectivity index (χ0n) is 11.8. The number of hydrogen-bond donors (Lipinski definition) is 0. The Labute approximate surface area is 112 Å². The molecule has 0 radical (unpaired) electrons. The molecule has 2 nitrogen and oxygen atoms in total. The van der Waals surface area contributed by atoms with E-state index in [9.17, 15) is 0 Å². The largest absolute Gasteiger partial charge is 0.301 e. The molecule has 0 saturated carbocycles. The maximum absolute atomic E-state index is 5.67. The minimum absolute atomic E-state index is 0.340. The molecule has 0 amide bonds. The summed E-state index contributed by atoms with van der Waals surface area (Å²) in [6.07, 6.45) is 5.16. The van der Waals surface area contributed by atoms with Gasteiger partial charge >= 0.3 is 0 Å². The average Bonchev–Trinajstić information content (AvgIpc) is 2.28. The second kappa shape index (κ2) is 7.60. The summed E-state index contributed by atoms with van der Waals surface area (Å²) in [5.41, 5.74) is 0.340. The second-order valence-corrected chi connectivity index (χ2v) is 6.48. The fraction of sp³-hybridized carbons (Fsp3) is 1.00. The number of rotatable bonds is 6. The van der Waals surface area contributed by atoms with E-state index in [0.29, 0.717) is 5.54 Å². The topological polar surface area (TPSA) is 6.48 Å². The van der Waals surface area contributed by atoms with Gasteiger partial charge in [0.05, 0.1) is 0 Å². The standard InChI is InChI=1S/C14H29ClN2/c1-14(2,3)17-12-10-16(11-13-17)9-7-5-4-6-8-15/h4-13H2,1-3H3. The molecule has 1 heterocycles. The first-order valence-electron chi connectivity index (χ1n) is 7.07. The van der Waals surface area contributed by atoms with Gasteiger partial charge in [-0.3, -0.25) is 4.90 Å². The van der Waals surface area contributed by atoms with Crippen molar-refractivity contribution in [2.45, 2.75) is 52.0 Å². The molecular weight excluding hydrogens is 232 g/mol. The van der Waals surface area contributed by atoms with Gasteiger partial charge in [-0.2, -0.15) is 0 Å². The van der Waals surface area contributed by atoms with Crippen molar-refractivity contribution >= 4 is 11.6 Å². The molecular formula is C14H29ClN2. The Bertz CT molecular complexity index is 193. The molecule has 0 aromatic heterocycles. The first-order chi connectivity index (χ1) is 8.04. The van der Waals surface area contributed by atoms with Gasteiger partial charge in [0, 0.05) is 37.6 Å². The van der Waals surface area contributed by atoms with Crippen LogP contribution in [0.4, 0.5) is 0 Å². The van der Waals surface area contributed by atoms with Gasteiger partial charge in [0.25, 0.3) is 0 Å². The Morgan fingerprint density at radius 3 is 2.00 bits per heavy atom. The van der Waals surface area contributed by atoms with Crippen molar-refractivity contribution in [2.24, 2.45) is 0 Å². The van der Waals surface area contributed by atoms with Crippen LogP contribution in [0.3, 0.4) is 0 Å². The molecule has 0 N–H and O–H groups in total. The first kappa shape index (κ1) is 15.3. The first-order valence-corrected chi connectivity index (χ1v) is 7.61. The van der Waals surface area contributed by atoms with Crippen LogP contribution in [0.25, 0.3) is 0 Å². The van der Waals surface area contributed by atoms with Crippen LogP contribution in [0.1, 0.15) is 46.5 Å². The van der Waals surface area contributed by atoms with Gasteiger partial charge in [-0.15, -0.1) is 11.6 Å². The number of hydrogen-bond acceptors (Lipinski definition) is 2. The van der Waals surface area contributed by atoms with E-state index < -0.39 is 0 Å². The highest BCUT2D eigenvalue weighted by Gasteiger charge is 2.25. The lowest BCUT2D eigenvalue weighted by molar-refractivity contribution is 0.0616. The van der Waals surface area contributed by atoms with Crippen LogP contribution in [0.15, 0.2) is 0 Å². The van der Waals surface area contributed by atoms with Crippen LogP contribution in [0.5, 0.6) is 0 Å². The highest BCUT2D eigenvalue weighted by molar-refractivity contribution is 6.17. The molecule has 0 spiro atoms. The third-order valence-corrected chi connectivity index (χ3v) is 3.95. The Morgan fingerprint density at radius 2 is 1.47 bits per heavy atom. The van der Waals surface area contributed by atoms with Gasteiger partial charge in [0.15, 0.2) is 0 Å². The van der Waals surface area contributed by atoms with E-state index in [1.165, 1.54) is 58.4 Å². The molecule has 0 aromatic rings. The zero-order chi connectivity index (χ0) is 12.7. The molecule has 1 aliphatic rings. The highest BCUT2D eigenvalue weighted by Crippen LogP contribution is 2.16. The van der Waals surface area contributed by atoms with Crippen molar-refractivity contribution in [1.29, 1.82) is 0 Å². The van der Waals surface area contributed by atoms with Crippen LogP contribution < -0.4 is 0 Å². The van der Waals surface area contributed by atoms with E-state index in [-0.39, 0.29) is 0 Å². The average molecular weight is 261 g/mol. The third kappa shape index (κ3) is 6.08. The van der Waals surface area contributed by atoms with Gasteiger partial charge < -0.3 is 4.90 Å². The van der Waals surface area contributed by atoms with Gasteiger partial charge in [0.1, 0.15) is 0 Å². The van der Waals surface area contributed by atoms with Crippen LogP contribution in [0, 0.1) is 0 Å². The normalized spacial score (nSPS) is 19.8. The fourth-order valence-corrected chi connectivity index (χ4v) is 2.61. The Balaban J connectivity index is 2.07. The van der Waals surface area contributed by atoms with Crippen molar-refractivity contribution < 1.29 is 0 Å². The lowest BCUT2D eigenvalue weighted by atomic mass is 10.0. The van der Waals surface area contributed by atoms with E-state index in [2.05, 4.69) is 30.6 Å². The number of alkyl halides is 1. The third-order valence-electron chi connectivity index (χ3n) is 3.68. The van der Waals surface area contributed by atoms with E-state index in [4.69, 9.17) is 11.6 Å². The summed E-state index contributed by atoms with van der Waals surface area (Å²) in [6.45, 7) is 13.2. The monoisotopic (exact) mass is 260 g/mol. The quantitative estimate of drug-likeness (QED) is 0.535. The molecule has 0 aliphatic carbocycles. The maximum atomic E-state index is 5.67. The molecule has 1 saturated heterocycles. The minimum Gasteiger partial charge on any atom is -0.301 e. The summed E-state index contributed by atoms with van der Waals surface area (Å²) in [7, 11) is 0. The predicted octanol–water partition coefficient (Wildman–Crippen LogP) is 3.20. The van der Waals surface area contributed by atoms with Crippen molar-refractivity contribution in [1.82, 2.24) is 9.80 Å². The predicted molar refractivity (Wildman–Crippen MR) is 77.0 cm³/mol. The van der Waals surface area contributed by atoms with Crippen LogP contribution in [-0.4, -0.2) is 53.9 Å². The highest BCUT2D eigenvalue weighted by atomic mass is 35.5. The van der Waals surface area contributed by atoms with E-state index >= 15 is 0 Å². The number of halogens is 1. The van der Waals surface area contributed by atoms with Gasteiger partial charge in [0.2, 0.25) is 0 Å². The Morgan fingerprint density at radius 1 is 0.882 bits per heavy atom. The Kier molecular flexibility index (Phi) is 6.83. The molecule has 1 fully saturated rings. The summed E-state index contributed by atoms with van der Waals surface area (Å²) in [5, 5.41) is 0. The lowest BCUT2D eigenvalue weighted by Gasteiger charge is -2.42. The summed E-state index contributed by atoms with van der Waals surface area (Å²) in [4.78, 5) is 5.21. The summed E-state index contributed by atoms with van der Waals surface area (Å²) < 4.78 is 0. The van der Waals surface area contributed by atoms with Gasteiger partial charge in [-0.1, -0.05) is 12.8 Å². The molecule has 0 atom stereocenters. The van der Waals surface area contributed by atoms with E-state index in [1.807, 2.05) is 0 Å². The van der Waals surface area contributed by atoms with Crippen molar-refractivity contribution in [3.05, 3.63) is 0 Å². The van der Waals surface area contributed by atoms with Crippen LogP contribution in [-0.2, 0) is 0 Å². The van der Waals surface area contributed by atoms with Crippen LogP contribution >= 0.6 is 11.6 Å². The Hall–Kier alpha value is 0.210. The van der Waals surface area contributed by atoms with Crippen molar-refractivity contribution in [3.8, 4) is 0 Å². The zero-order valence-corrected chi connectivity index (χ0v) is 12.6. The number of nitrogens with zero attached hydrogens (tertiary/aromatic N) is 2. The molecule has 3 heteroatoms. The van der Waals surface area contributed by atoms with Gasteiger partial charge in [-0.25, -0.2) is 0 Å². The summed E-state index contributed by atoms with van der Waals surface area (Å²) in [6, 6.07) is 0. The van der Waals surface area contributed by atoms with Crippen molar-refractivity contribution in [3.63, 3.8) is 0 Å². The van der Waals surface area contributed by atoms with Crippen LogP contribution in [0.2, 0.25) is 0 Å². The molecule has 0 aromatic carbocycles. The number of unbranched alkanes of at least 4 members (excludes halogenated alkanes) is 3. The molecule has 1 aliphatic heterocycles. The molecule has 102 valence electrons.